The van der Waals surface area contributed by atoms with E-state index in [1.165, 1.54) is 0 Å². The van der Waals surface area contributed by atoms with Crippen molar-refractivity contribution in [2.24, 2.45) is 11.3 Å². The smallest absolute Gasteiger partial charge is 0.311 e. The van der Waals surface area contributed by atoms with Gasteiger partial charge in [-0.1, -0.05) is 6.42 Å². The lowest BCUT2D eigenvalue weighted by Gasteiger charge is -2.23. The third-order valence-electron chi connectivity index (χ3n) is 5.32. The number of aromatic nitrogens is 3. The predicted octanol–water partition coefficient (Wildman–Crippen LogP) is 1.59. The van der Waals surface area contributed by atoms with E-state index in [-0.39, 0.29) is 18.4 Å². The van der Waals surface area contributed by atoms with Crippen LogP contribution in [0.1, 0.15) is 29.8 Å². The molecule has 2 aromatic rings. The Morgan fingerprint density at radius 1 is 1.33 bits per heavy atom. The third-order valence-corrected chi connectivity index (χ3v) is 5.32. The van der Waals surface area contributed by atoms with E-state index in [0.717, 1.165) is 18.5 Å². The second-order valence-electron chi connectivity index (χ2n) is 6.59. The fraction of sp³-hybridized carbons (Fsp3) is 0.412. The zero-order valence-corrected chi connectivity index (χ0v) is 13.1. The van der Waals surface area contributed by atoms with Crippen LogP contribution < -0.4 is 0 Å². The van der Waals surface area contributed by atoms with Crippen LogP contribution in [0.4, 0.5) is 0 Å². The lowest BCUT2D eigenvalue weighted by Crippen LogP contribution is -2.37. The van der Waals surface area contributed by atoms with E-state index < -0.39 is 11.4 Å². The minimum atomic E-state index is -0.779. The number of carboxylic acid groups (broad SMARTS) is 1. The molecule has 3 heterocycles. The Bertz CT molecular complexity index is 789. The zero-order valence-electron chi connectivity index (χ0n) is 13.1. The maximum Gasteiger partial charge on any atom is 0.311 e. The van der Waals surface area contributed by atoms with Crippen molar-refractivity contribution in [2.75, 3.05) is 13.1 Å². The molecule has 0 bridgehead atoms. The van der Waals surface area contributed by atoms with Crippen molar-refractivity contribution < 1.29 is 14.7 Å². The van der Waals surface area contributed by atoms with Crippen LogP contribution in [0.3, 0.4) is 0 Å². The van der Waals surface area contributed by atoms with Crippen LogP contribution in [0.2, 0.25) is 0 Å². The molecule has 0 radical (unpaired) electrons. The van der Waals surface area contributed by atoms with Gasteiger partial charge in [-0.05, 0) is 37.0 Å². The molecule has 1 saturated carbocycles. The van der Waals surface area contributed by atoms with E-state index in [2.05, 4.69) is 10.1 Å². The highest BCUT2D eigenvalue weighted by molar-refractivity contribution is 5.94. The lowest BCUT2D eigenvalue weighted by atomic mass is 9.81. The molecule has 0 aromatic carbocycles. The maximum atomic E-state index is 12.8. The van der Waals surface area contributed by atoms with Gasteiger partial charge in [-0.2, -0.15) is 5.10 Å². The summed E-state index contributed by atoms with van der Waals surface area (Å²) in [6.45, 7) is 0.776. The highest BCUT2D eigenvalue weighted by atomic mass is 16.4. The van der Waals surface area contributed by atoms with Crippen molar-refractivity contribution in [3.63, 3.8) is 0 Å². The Morgan fingerprint density at radius 2 is 2.21 bits per heavy atom. The SMILES string of the molecule is O=C(c1cc(-n2cccn2)ccn1)N1C[C@@H]2CCC[C@@]2(C(=O)O)C1. The second kappa shape index (κ2) is 5.43. The normalized spacial score (nSPS) is 25.7. The van der Waals surface area contributed by atoms with Crippen molar-refractivity contribution in [3.8, 4) is 5.69 Å². The van der Waals surface area contributed by atoms with Crippen LogP contribution in [-0.4, -0.2) is 49.7 Å². The van der Waals surface area contributed by atoms with Gasteiger partial charge in [-0.3, -0.25) is 14.6 Å². The van der Waals surface area contributed by atoms with Gasteiger partial charge in [0.1, 0.15) is 5.69 Å². The molecular weight excluding hydrogens is 308 g/mol. The summed E-state index contributed by atoms with van der Waals surface area (Å²) in [4.78, 5) is 30.4. The summed E-state index contributed by atoms with van der Waals surface area (Å²) in [5, 5.41) is 13.8. The standard InChI is InChI=1S/C17H18N4O3/c22-15(14-9-13(4-7-18-14)21-8-2-6-19-21)20-10-12-3-1-5-17(12,11-20)16(23)24/h2,4,6-9,12H,1,3,5,10-11H2,(H,23,24)/t12-,17+/m0/s1. The molecule has 124 valence electrons. The van der Waals surface area contributed by atoms with Gasteiger partial charge in [0.25, 0.3) is 5.91 Å². The number of nitrogens with zero attached hydrogens (tertiary/aromatic N) is 4. The van der Waals surface area contributed by atoms with Gasteiger partial charge in [-0.15, -0.1) is 0 Å². The molecule has 24 heavy (non-hydrogen) atoms. The minimum absolute atomic E-state index is 0.0493. The monoisotopic (exact) mass is 326 g/mol. The Balaban J connectivity index is 1.59. The van der Waals surface area contributed by atoms with E-state index in [1.807, 2.05) is 0 Å². The van der Waals surface area contributed by atoms with Gasteiger partial charge in [0.15, 0.2) is 0 Å². The Hall–Kier alpha value is -2.70. The number of likely N-dealkylation sites (tertiary alicyclic amines) is 1. The lowest BCUT2D eigenvalue weighted by molar-refractivity contribution is -0.149. The maximum absolute atomic E-state index is 12.8. The number of carboxylic acids is 1. The van der Waals surface area contributed by atoms with Crippen LogP contribution in [-0.2, 0) is 4.79 Å². The molecule has 1 N–H and O–H groups in total. The fourth-order valence-corrected chi connectivity index (χ4v) is 4.06. The van der Waals surface area contributed by atoms with Crippen LogP contribution in [0.5, 0.6) is 0 Å². The van der Waals surface area contributed by atoms with Crippen molar-refractivity contribution in [1.29, 1.82) is 0 Å². The Kier molecular flexibility index (Phi) is 3.37. The van der Waals surface area contributed by atoms with Crippen LogP contribution in [0, 0.1) is 11.3 Å². The average Bonchev–Trinajstić information content (AvgIpc) is 3.29. The quantitative estimate of drug-likeness (QED) is 0.925. The molecule has 0 unspecified atom stereocenters. The molecule has 7 nitrogen and oxygen atoms in total. The second-order valence-corrected chi connectivity index (χ2v) is 6.59. The van der Waals surface area contributed by atoms with Gasteiger partial charge >= 0.3 is 5.97 Å². The number of pyridine rings is 1. The number of hydrogen-bond acceptors (Lipinski definition) is 4. The number of amides is 1. The molecule has 7 heteroatoms. The van der Waals surface area contributed by atoms with Crippen molar-refractivity contribution in [1.82, 2.24) is 19.7 Å². The summed E-state index contributed by atoms with van der Waals surface area (Å²) in [6, 6.07) is 5.28. The van der Waals surface area contributed by atoms with Crippen molar-refractivity contribution >= 4 is 11.9 Å². The fourth-order valence-electron chi connectivity index (χ4n) is 4.06. The first-order chi connectivity index (χ1) is 11.6. The molecular formula is C17H18N4O3. The average molecular weight is 326 g/mol. The Morgan fingerprint density at radius 3 is 2.92 bits per heavy atom. The number of aliphatic carboxylic acids is 1. The van der Waals surface area contributed by atoms with Crippen LogP contribution in [0.25, 0.3) is 5.69 Å². The number of carbonyl (C=O) groups is 2. The van der Waals surface area contributed by atoms with E-state index in [0.29, 0.717) is 18.7 Å². The number of fused-ring (bicyclic) bond motifs is 1. The summed E-state index contributed by atoms with van der Waals surface area (Å²) in [6.07, 6.45) is 7.48. The molecule has 2 atom stereocenters. The van der Waals surface area contributed by atoms with Gasteiger partial charge < -0.3 is 10.0 Å². The van der Waals surface area contributed by atoms with E-state index in [9.17, 15) is 14.7 Å². The highest BCUT2D eigenvalue weighted by Crippen LogP contribution is 2.49. The number of rotatable bonds is 3. The third kappa shape index (κ3) is 2.19. The molecule has 4 rings (SSSR count). The summed E-state index contributed by atoms with van der Waals surface area (Å²) in [5.41, 5.74) is 0.309. The van der Waals surface area contributed by atoms with Gasteiger partial charge in [0.2, 0.25) is 0 Å². The first-order valence-corrected chi connectivity index (χ1v) is 8.09. The highest BCUT2D eigenvalue weighted by Gasteiger charge is 2.55. The van der Waals surface area contributed by atoms with Crippen molar-refractivity contribution in [2.45, 2.75) is 19.3 Å². The van der Waals surface area contributed by atoms with Crippen LogP contribution >= 0.6 is 0 Å². The molecule has 0 spiro atoms. The Labute approximate surface area is 138 Å². The molecule has 1 amide bonds. The molecule has 2 aromatic heterocycles. The van der Waals surface area contributed by atoms with Gasteiger partial charge in [0.05, 0.1) is 11.1 Å². The first-order valence-electron chi connectivity index (χ1n) is 8.09. The zero-order chi connectivity index (χ0) is 16.7. The number of carbonyl (C=O) groups excluding carboxylic acids is 1. The first kappa shape index (κ1) is 14.9. The molecule has 2 fully saturated rings. The van der Waals surface area contributed by atoms with Gasteiger partial charge in [0, 0.05) is 31.7 Å². The molecule has 1 aliphatic heterocycles. The largest absolute Gasteiger partial charge is 0.481 e. The minimum Gasteiger partial charge on any atom is -0.481 e. The van der Waals surface area contributed by atoms with Gasteiger partial charge in [-0.25, -0.2) is 4.68 Å². The summed E-state index contributed by atoms with van der Waals surface area (Å²) >= 11 is 0. The van der Waals surface area contributed by atoms with E-state index in [4.69, 9.17) is 0 Å². The van der Waals surface area contributed by atoms with E-state index >= 15 is 0 Å². The molecule has 1 aliphatic carbocycles. The van der Waals surface area contributed by atoms with E-state index in [1.54, 1.807) is 46.4 Å². The molecule has 2 aliphatic rings. The predicted molar refractivity (Wildman–Crippen MR) is 84.7 cm³/mol. The van der Waals surface area contributed by atoms with Crippen LogP contribution in [0.15, 0.2) is 36.8 Å². The van der Waals surface area contributed by atoms with Crippen molar-refractivity contribution in [3.05, 3.63) is 42.5 Å². The number of hydrogen-bond donors (Lipinski definition) is 1. The topological polar surface area (TPSA) is 88.3 Å². The molecule has 1 saturated heterocycles. The summed E-state index contributed by atoms with van der Waals surface area (Å²) < 4.78 is 1.66. The summed E-state index contributed by atoms with van der Waals surface area (Å²) in [5.74, 6) is -0.939. The summed E-state index contributed by atoms with van der Waals surface area (Å²) in [7, 11) is 0.